The van der Waals surface area contributed by atoms with Crippen LogP contribution in [0.1, 0.15) is 47.4 Å². The Morgan fingerprint density at radius 1 is 1.10 bits per heavy atom. The third-order valence-electron chi connectivity index (χ3n) is 7.38. The number of anilines is 1. The van der Waals surface area contributed by atoms with Crippen LogP contribution in [0.4, 0.5) is 5.82 Å². The lowest BCUT2D eigenvalue weighted by Gasteiger charge is -2.35. The second kappa shape index (κ2) is 11.8. The van der Waals surface area contributed by atoms with E-state index in [0.717, 1.165) is 39.9 Å². The van der Waals surface area contributed by atoms with Crippen LogP contribution in [0.15, 0.2) is 82.2 Å². The zero-order valence-electron chi connectivity index (χ0n) is 22.3. The Kier molecular flexibility index (Phi) is 8.08. The Labute approximate surface area is 241 Å². The largest absolute Gasteiger partial charge is 0.350 e. The van der Waals surface area contributed by atoms with Crippen molar-refractivity contribution >= 4 is 38.4 Å². The van der Waals surface area contributed by atoms with Crippen molar-refractivity contribution in [2.24, 2.45) is 0 Å². The number of aromatic amines is 1. The molecular weight excluding hydrogens is 568 g/mol. The molecule has 40 heavy (non-hydrogen) atoms. The quantitative estimate of drug-likeness (QED) is 0.323. The normalized spacial score (nSPS) is 17.6. The molecule has 4 heterocycles. The summed E-state index contributed by atoms with van der Waals surface area (Å²) in [5.41, 5.74) is 2.67. The van der Waals surface area contributed by atoms with Crippen LogP contribution in [0, 0.1) is 11.3 Å². The van der Waals surface area contributed by atoms with E-state index in [2.05, 4.69) is 42.1 Å². The first-order valence-corrected chi connectivity index (χ1v) is 14.0. The molecule has 2 bridgehead atoms. The highest BCUT2D eigenvalue weighted by molar-refractivity contribution is 9.10. The minimum atomic E-state index is -0.223. The zero-order valence-corrected chi connectivity index (χ0v) is 23.9. The molecule has 8 nitrogen and oxygen atoms in total. The number of rotatable bonds is 4. The minimum absolute atomic E-state index is 0.0267. The van der Waals surface area contributed by atoms with Gasteiger partial charge in [-0.3, -0.25) is 9.59 Å². The number of halogens is 1. The van der Waals surface area contributed by atoms with Gasteiger partial charge in [0.1, 0.15) is 11.9 Å². The second-order valence-corrected chi connectivity index (χ2v) is 10.8. The van der Waals surface area contributed by atoms with Gasteiger partial charge in [-0.15, -0.1) is 0 Å². The molecule has 4 aromatic rings. The van der Waals surface area contributed by atoms with Crippen LogP contribution in [0.2, 0.25) is 0 Å². The maximum Gasteiger partial charge on any atom is 0.272 e. The molecule has 0 spiro atoms. The highest BCUT2D eigenvalue weighted by atomic mass is 79.9. The summed E-state index contributed by atoms with van der Waals surface area (Å²) in [6, 6.07) is 19.3. The molecule has 6 rings (SSSR count). The first-order valence-electron chi connectivity index (χ1n) is 13.2. The fraction of sp³-hybridized carbons (Fsp3) is 0.258. The number of nitrogens with zero attached hydrogens (tertiary/aromatic N) is 5. The van der Waals surface area contributed by atoms with Crippen LogP contribution in [-0.4, -0.2) is 51.2 Å². The van der Waals surface area contributed by atoms with Crippen molar-refractivity contribution in [1.82, 2.24) is 20.1 Å². The first-order chi connectivity index (χ1) is 19.4. The number of aromatic nitrogens is 3. The summed E-state index contributed by atoms with van der Waals surface area (Å²) in [5, 5.41) is 17.3. The molecule has 2 aliphatic rings. The van der Waals surface area contributed by atoms with Gasteiger partial charge >= 0.3 is 0 Å². The number of benzene rings is 2. The number of hydrogen-bond acceptors (Lipinski definition) is 6. The van der Waals surface area contributed by atoms with E-state index in [4.69, 9.17) is 5.26 Å². The standard InChI is InChI=1S/C27H21BrN6O2.C4H8/c28-19-5-6-22-23(10-19)24(31-32-26(22)35)9-16-2-1-3-18(8-16)27(36)34-15-20-11-21(34)14-33(20)25-7-4-17(12-29)13-30-25;1-3-4-2/h1-8,10,13,20-21H,9,11,14-15H2,(H,32,35);3-4H,1-2H3/b;4-3-. The summed E-state index contributed by atoms with van der Waals surface area (Å²) in [6.45, 7) is 5.38. The van der Waals surface area contributed by atoms with E-state index in [0.29, 0.717) is 29.5 Å². The average Bonchev–Trinajstić information content (AvgIpc) is 3.60. The number of carbonyl (C=O) groups is 1. The van der Waals surface area contributed by atoms with Gasteiger partial charge in [-0.05, 0) is 68.3 Å². The number of carbonyl (C=O) groups excluding carboxylic acids is 1. The van der Waals surface area contributed by atoms with Crippen LogP contribution in [0.25, 0.3) is 10.8 Å². The number of H-pyrrole nitrogens is 1. The SMILES string of the molecule is C/C=C\C.N#Cc1ccc(N2CC3CC2CN3C(=O)c2cccc(Cc3n[nH]c(=O)c4ccc(Br)cc34)c2)nc1. The summed E-state index contributed by atoms with van der Waals surface area (Å²) in [5.74, 6) is 0.877. The molecule has 2 aromatic carbocycles. The maximum absolute atomic E-state index is 13.5. The van der Waals surface area contributed by atoms with Crippen molar-refractivity contribution in [3.05, 3.63) is 110 Å². The van der Waals surface area contributed by atoms with E-state index < -0.39 is 0 Å². The molecule has 2 saturated heterocycles. The van der Waals surface area contributed by atoms with Gasteiger partial charge in [0.05, 0.1) is 28.7 Å². The number of piperazine rings is 1. The monoisotopic (exact) mass is 596 g/mol. The lowest BCUT2D eigenvalue weighted by molar-refractivity contribution is 0.0725. The van der Waals surface area contributed by atoms with Crippen LogP contribution in [-0.2, 0) is 6.42 Å². The summed E-state index contributed by atoms with van der Waals surface area (Å²) in [4.78, 5) is 34.3. The zero-order chi connectivity index (χ0) is 28.2. The van der Waals surface area contributed by atoms with Gasteiger partial charge in [0.2, 0.25) is 0 Å². The van der Waals surface area contributed by atoms with Crippen molar-refractivity contribution in [3.8, 4) is 6.07 Å². The van der Waals surface area contributed by atoms with Crippen molar-refractivity contribution in [2.45, 2.75) is 38.8 Å². The van der Waals surface area contributed by atoms with E-state index in [-0.39, 0.29) is 23.6 Å². The molecule has 2 unspecified atom stereocenters. The minimum Gasteiger partial charge on any atom is -0.350 e. The molecule has 1 N–H and O–H groups in total. The molecule has 2 aromatic heterocycles. The smallest absolute Gasteiger partial charge is 0.272 e. The molecule has 0 radical (unpaired) electrons. The van der Waals surface area contributed by atoms with Gasteiger partial charge < -0.3 is 9.80 Å². The molecule has 202 valence electrons. The molecule has 0 saturated carbocycles. The van der Waals surface area contributed by atoms with E-state index >= 15 is 0 Å². The fourth-order valence-corrected chi connectivity index (χ4v) is 5.68. The van der Waals surface area contributed by atoms with Gasteiger partial charge in [0.25, 0.3) is 11.5 Å². The van der Waals surface area contributed by atoms with E-state index in [1.165, 1.54) is 0 Å². The Hall–Kier alpha value is -4.29. The van der Waals surface area contributed by atoms with E-state index in [1.54, 1.807) is 18.3 Å². The van der Waals surface area contributed by atoms with E-state index in [9.17, 15) is 9.59 Å². The summed E-state index contributed by atoms with van der Waals surface area (Å²) in [7, 11) is 0. The lowest BCUT2D eigenvalue weighted by Crippen LogP contribution is -2.49. The summed E-state index contributed by atoms with van der Waals surface area (Å²) >= 11 is 3.48. The Morgan fingerprint density at radius 2 is 1.93 bits per heavy atom. The highest BCUT2D eigenvalue weighted by Crippen LogP contribution is 2.34. The first kappa shape index (κ1) is 27.3. The fourth-order valence-electron chi connectivity index (χ4n) is 5.32. The van der Waals surface area contributed by atoms with Crippen LogP contribution in [0.3, 0.4) is 0 Å². The Morgan fingerprint density at radius 3 is 2.60 bits per heavy atom. The van der Waals surface area contributed by atoms with Crippen molar-refractivity contribution in [3.63, 3.8) is 0 Å². The number of nitriles is 1. The topological polar surface area (TPSA) is 106 Å². The summed E-state index contributed by atoms with van der Waals surface area (Å²) in [6.07, 6.45) is 7.00. The lowest BCUT2D eigenvalue weighted by atomic mass is 10.0. The van der Waals surface area contributed by atoms with Crippen LogP contribution in [0.5, 0.6) is 0 Å². The molecule has 1 amide bonds. The second-order valence-electron chi connectivity index (χ2n) is 9.90. The van der Waals surface area contributed by atoms with Crippen LogP contribution < -0.4 is 10.5 Å². The van der Waals surface area contributed by atoms with Gasteiger partial charge in [0.15, 0.2) is 0 Å². The predicted octanol–water partition coefficient (Wildman–Crippen LogP) is 5.23. The molecule has 2 fully saturated rings. The number of fused-ring (bicyclic) bond motifs is 3. The number of amides is 1. The Balaban J connectivity index is 0.000000758. The Bertz CT molecular complexity index is 1670. The van der Waals surface area contributed by atoms with Crippen molar-refractivity contribution in [2.75, 3.05) is 18.0 Å². The van der Waals surface area contributed by atoms with Gasteiger partial charge in [-0.25, -0.2) is 10.1 Å². The number of nitrogens with one attached hydrogen (secondary N) is 1. The molecule has 9 heteroatoms. The third-order valence-corrected chi connectivity index (χ3v) is 7.87. The number of hydrogen-bond donors (Lipinski definition) is 1. The summed E-state index contributed by atoms with van der Waals surface area (Å²) < 4.78 is 0.877. The molecular formula is C31H29BrN6O2. The third kappa shape index (κ3) is 5.54. The highest BCUT2D eigenvalue weighted by Gasteiger charge is 2.45. The number of likely N-dealkylation sites (tertiary alicyclic amines) is 1. The number of pyridine rings is 1. The van der Waals surface area contributed by atoms with Crippen molar-refractivity contribution in [1.29, 1.82) is 5.26 Å². The van der Waals surface area contributed by atoms with E-state index in [1.807, 2.05) is 73.4 Å². The van der Waals surface area contributed by atoms with Gasteiger partial charge in [-0.2, -0.15) is 10.4 Å². The predicted molar refractivity (Wildman–Crippen MR) is 159 cm³/mol. The average molecular weight is 598 g/mol. The molecule has 0 aliphatic carbocycles. The number of allylic oxidation sites excluding steroid dienone is 2. The molecule has 2 atom stereocenters. The van der Waals surface area contributed by atoms with Crippen molar-refractivity contribution < 1.29 is 4.79 Å². The van der Waals surface area contributed by atoms with Gasteiger partial charge in [-0.1, -0.05) is 40.2 Å². The maximum atomic E-state index is 13.5. The van der Waals surface area contributed by atoms with Gasteiger partial charge in [0, 0.05) is 41.1 Å². The molecule has 2 aliphatic heterocycles. The van der Waals surface area contributed by atoms with Crippen LogP contribution >= 0.6 is 15.9 Å².